The van der Waals surface area contributed by atoms with Gasteiger partial charge in [0.15, 0.2) is 5.16 Å². The van der Waals surface area contributed by atoms with Crippen molar-refractivity contribution >= 4 is 28.8 Å². The molecule has 1 atom stereocenters. The summed E-state index contributed by atoms with van der Waals surface area (Å²) in [5.74, 6) is -0.863. The van der Waals surface area contributed by atoms with Crippen LogP contribution in [0.3, 0.4) is 0 Å². The van der Waals surface area contributed by atoms with Crippen molar-refractivity contribution in [3.63, 3.8) is 0 Å². The highest BCUT2D eigenvalue weighted by atomic mass is 32.2. The quantitative estimate of drug-likeness (QED) is 0.749. The molecule has 3 rings (SSSR count). The number of para-hydroxylation sites is 2. The molecule has 0 saturated heterocycles. The predicted octanol–water partition coefficient (Wildman–Crippen LogP) is 3.49. The van der Waals surface area contributed by atoms with E-state index >= 15 is 0 Å². The van der Waals surface area contributed by atoms with Crippen LogP contribution < -0.4 is 0 Å². The van der Waals surface area contributed by atoms with Crippen molar-refractivity contribution in [2.45, 2.75) is 10.4 Å². The zero-order valence-electron chi connectivity index (χ0n) is 11.4. The minimum absolute atomic E-state index is 0.665. The molecule has 4 nitrogen and oxygen atoms in total. The largest absolute Gasteiger partial charge is 0.480 e. The zero-order chi connectivity index (χ0) is 14.8. The number of thioether (sulfide) groups is 1. The topological polar surface area (TPSA) is 55.1 Å². The molecule has 0 amide bonds. The van der Waals surface area contributed by atoms with Crippen LogP contribution in [0.5, 0.6) is 0 Å². The maximum atomic E-state index is 11.6. The molecule has 0 spiro atoms. The van der Waals surface area contributed by atoms with E-state index in [4.69, 9.17) is 0 Å². The first-order chi connectivity index (χ1) is 10.2. The number of aliphatic carboxylic acids is 1. The lowest BCUT2D eigenvalue weighted by Crippen LogP contribution is -2.09. The molecule has 0 bridgehead atoms. The molecule has 0 saturated carbocycles. The van der Waals surface area contributed by atoms with Crippen LogP contribution in [0.25, 0.3) is 11.0 Å². The van der Waals surface area contributed by atoms with Gasteiger partial charge in [-0.15, -0.1) is 0 Å². The third-order valence-corrected chi connectivity index (χ3v) is 4.58. The van der Waals surface area contributed by atoms with E-state index in [9.17, 15) is 9.90 Å². The van der Waals surface area contributed by atoms with Gasteiger partial charge in [-0.25, -0.2) is 4.98 Å². The van der Waals surface area contributed by atoms with Crippen LogP contribution in [0.2, 0.25) is 0 Å². The van der Waals surface area contributed by atoms with Gasteiger partial charge in [0.2, 0.25) is 0 Å². The number of aromatic nitrogens is 2. The predicted molar refractivity (Wildman–Crippen MR) is 83.4 cm³/mol. The summed E-state index contributed by atoms with van der Waals surface area (Å²) in [5.41, 5.74) is 2.64. The first kappa shape index (κ1) is 13.7. The molecule has 0 aliphatic rings. The molecule has 1 N–H and O–H groups in total. The van der Waals surface area contributed by atoms with Gasteiger partial charge in [0.25, 0.3) is 0 Å². The number of carboxylic acids is 1. The Bertz CT molecular complexity index is 783. The van der Waals surface area contributed by atoms with Gasteiger partial charge < -0.3 is 9.67 Å². The van der Waals surface area contributed by atoms with Crippen LogP contribution in [-0.2, 0) is 11.8 Å². The van der Waals surface area contributed by atoms with E-state index in [1.54, 1.807) is 0 Å². The SMILES string of the molecule is Cn1c(SC(C(=O)O)c2ccccc2)nc2ccccc21. The van der Waals surface area contributed by atoms with E-state index in [1.165, 1.54) is 11.8 Å². The molecule has 0 fully saturated rings. The second kappa shape index (κ2) is 5.61. The first-order valence-electron chi connectivity index (χ1n) is 6.52. The normalized spacial score (nSPS) is 12.4. The molecule has 1 aromatic heterocycles. The average Bonchev–Trinajstić information content (AvgIpc) is 2.82. The Kier molecular flexibility index (Phi) is 3.66. The summed E-state index contributed by atoms with van der Waals surface area (Å²) in [5, 5.41) is 9.53. The number of rotatable bonds is 4. The van der Waals surface area contributed by atoms with Gasteiger partial charge in [-0.1, -0.05) is 54.2 Å². The maximum absolute atomic E-state index is 11.6. The Morgan fingerprint density at radius 1 is 1.14 bits per heavy atom. The Morgan fingerprint density at radius 3 is 2.48 bits per heavy atom. The third-order valence-electron chi connectivity index (χ3n) is 3.30. The van der Waals surface area contributed by atoms with E-state index in [-0.39, 0.29) is 0 Å². The van der Waals surface area contributed by atoms with E-state index in [0.29, 0.717) is 5.16 Å². The van der Waals surface area contributed by atoms with Gasteiger partial charge in [-0.05, 0) is 17.7 Å². The molecule has 0 aliphatic carbocycles. The Labute approximate surface area is 126 Å². The monoisotopic (exact) mass is 298 g/mol. The molecule has 0 aliphatic heterocycles. The lowest BCUT2D eigenvalue weighted by molar-refractivity contribution is -0.136. The van der Waals surface area contributed by atoms with Gasteiger partial charge in [-0.2, -0.15) is 0 Å². The standard InChI is InChI=1S/C16H14N2O2S/c1-18-13-10-6-5-9-12(13)17-16(18)21-14(15(19)20)11-7-3-2-4-8-11/h2-10,14H,1H3,(H,19,20). The molecular formula is C16H14N2O2S. The number of nitrogens with zero attached hydrogens (tertiary/aromatic N) is 2. The summed E-state index contributed by atoms with van der Waals surface area (Å²) in [6, 6.07) is 17.0. The van der Waals surface area contributed by atoms with Crippen molar-refractivity contribution < 1.29 is 9.90 Å². The fourth-order valence-corrected chi connectivity index (χ4v) is 3.24. The Hall–Kier alpha value is -2.27. The zero-order valence-corrected chi connectivity index (χ0v) is 12.2. The molecule has 2 aromatic carbocycles. The van der Waals surface area contributed by atoms with Crippen LogP contribution in [-0.4, -0.2) is 20.6 Å². The van der Waals surface area contributed by atoms with Crippen LogP contribution in [0, 0.1) is 0 Å². The van der Waals surface area contributed by atoms with E-state index < -0.39 is 11.2 Å². The third kappa shape index (κ3) is 2.64. The summed E-state index contributed by atoms with van der Waals surface area (Å²) in [6.07, 6.45) is 0. The van der Waals surface area contributed by atoms with Gasteiger partial charge in [-0.3, -0.25) is 4.79 Å². The number of carbonyl (C=O) groups is 1. The van der Waals surface area contributed by atoms with Gasteiger partial charge >= 0.3 is 5.97 Å². The number of hydrogen-bond donors (Lipinski definition) is 1. The summed E-state index contributed by atoms with van der Waals surface area (Å²) < 4.78 is 1.93. The molecular weight excluding hydrogens is 284 g/mol. The van der Waals surface area contributed by atoms with Gasteiger partial charge in [0.1, 0.15) is 5.25 Å². The number of benzene rings is 2. The smallest absolute Gasteiger partial charge is 0.321 e. The van der Waals surface area contributed by atoms with Crippen molar-refractivity contribution in [3.05, 3.63) is 60.2 Å². The summed E-state index contributed by atoms with van der Waals surface area (Å²) in [7, 11) is 1.90. The number of hydrogen-bond acceptors (Lipinski definition) is 3. The fourth-order valence-electron chi connectivity index (χ4n) is 2.22. The molecule has 1 heterocycles. The summed E-state index contributed by atoms with van der Waals surface area (Å²) in [4.78, 5) is 16.1. The lowest BCUT2D eigenvalue weighted by Gasteiger charge is -2.11. The lowest BCUT2D eigenvalue weighted by atomic mass is 10.1. The molecule has 106 valence electrons. The second-order valence-electron chi connectivity index (χ2n) is 4.69. The maximum Gasteiger partial charge on any atom is 0.321 e. The van der Waals surface area contributed by atoms with Crippen molar-refractivity contribution in [2.75, 3.05) is 0 Å². The van der Waals surface area contributed by atoms with Crippen molar-refractivity contribution in [1.82, 2.24) is 9.55 Å². The Balaban J connectivity index is 1.99. The van der Waals surface area contributed by atoms with Crippen LogP contribution >= 0.6 is 11.8 Å². The van der Waals surface area contributed by atoms with Crippen molar-refractivity contribution in [2.24, 2.45) is 7.05 Å². The molecule has 1 unspecified atom stereocenters. The first-order valence-corrected chi connectivity index (χ1v) is 7.40. The number of carboxylic acid groups (broad SMARTS) is 1. The number of aryl methyl sites for hydroxylation is 1. The summed E-state index contributed by atoms with van der Waals surface area (Å²) in [6.45, 7) is 0. The Morgan fingerprint density at radius 2 is 1.81 bits per heavy atom. The minimum atomic E-state index is -0.863. The van der Waals surface area contributed by atoms with E-state index in [0.717, 1.165) is 16.6 Å². The van der Waals surface area contributed by atoms with Gasteiger partial charge in [0.05, 0.1) is 11.0 Å². The van der Waals surface area contributed by atoms with E-state index in [2.05, 4.69) is 4.98 Å². The highest BCUT2D eigenvalue weighted by Crippen LogP contribution is 2.35. The molecule has 0 radical (unpaired) electrons. The number of fused-ring (bicyclic) bond motifs is 1. The van der Waals surface area contributed by atoms with Crippen LogP contribution in [0.4, 0.5) is 0 Å². The van der Waals surface area contributed by atoms with Gasteiger partial charge in [0, 0.05) is 7.05 Å². The highest BCUT2D eigenvalue weighted by Gasteiger charge is 2.23. The van der Waals surface area contributed by atoms with E-state index in [1.807, 2.05) is 66.2 Å². The minimum Gasteiger partial charge on any atom is -0.480 e. The van der Waals surface area contributed by atoms with Crippen LogP contribution in [0.15, 0.2) is 59.8 Å². The van der Waals surface area contributed by atoms with Crippen LogP contribution in [0.1, 0.15) is 10.8 Å². The molecule has 21 heavy (non-hydrogen) atoms. The number of imidazole rings is 1. The highest BCUT2D eigenvalue weighted by molar-refractivity contribution is 8.00. The molecule has 3 aromatic rings. The van der Waals surface area contributed by atoms with Crippen molar-refractivity contribution in [3.8, 4) is 0 Å². The van der Waals surface area contributed by atoms with Crippen molar-refractivity contribution in [1.29, 1.82) is 0 Å². The molecule has 5 heteroatoms. The average molecular weight is 298 g/mol. The fraction of sp³-hybridized carbons (Fsp3) is 0.125. The summed E-state index contributed by atoms with van der Waals surface area (Å²) >= 11 is 1.25. The second-order valence-corrected chi connectivity index (χ2v) is 5.76.